The number of nitrogens with one attached hydrogen (secondary N) is 1. The zero-order chi connectivity index (χ0) is 19.9. The summed E-state index contributed by atoms with van der Waals surface area (Å²) in [6.07, 6.45) is -3.19. The van der Waals surface area contributed by atoms with E-state index in [1.807, 2.05) is 24.3 Å². The molecule has 2 aliphatic rings. The SMILES string of the molecule is O=C1N[C@@]2(CCc3ccccc32)C(=O)N1Cc1ccc(OCC(F)(F)F)cc1. The smallest absolute Gasteiger partial charge is 0.422 e. The van der Waals surface area contributed by atoms with Crippen molar-refractivity contribution in [3.8, 4) is 5.75 Å². The van der Waals surface area contributed by atoms with Crippen LogP contribution in [0.1, 0.15) is 23.1 Å². The van der Waals surface area contributed by atoms with E-state index in [2.05, 4.69) is 10.1 Å². The van der Waals surface area contributed by atoms with E-state index in [4.69, 9.17) is 0 Å². The minimum absolute atomic E-state index is 0.0358. The molecule has 0 bridgehead atoms. The molecule has 28 heavy (non-hydrogen) atoms. The molecule has 0 radical (unpaired) electrons. The number of benzene rings is 2. The van der Waals surface area contributed by atoms with Gasteiger partial charge in [0.1, 0.15) is 11.3 Å². The first kappa shape index (κ1) is 18.3. The number of amides is 3. The van der Waals surface area contributed by atoms with Gasteiger partial charge < -0.3 is 10.1 Å². The maximum Gasteiger partial charge on any atom is 0.422 e. The van der Waals surface area contributed by atoms with Crippen molar-refractivity contribution in [1.29, 1.82) is 0 Å². The summed E-state index contributed by atoms with van der Waals surface area (Å²) >= 11 is 0. The number of imide groups is 1. The van der Waals surface area contributed by atoms with Gasteiger partial charge in [0, 0.05) is 0 Å². The Balaban J connectivity index is 1.49. The Hall–Kier alpha value is -3.03. The molecule has 2 aromatic carbocycles. The number of ether oxygens (including phenoxy) is 1. The van der Waals surface area contributed by atoms with E-state index in [1.165, 1.54) is 12.1 Å². The monoisotopic (exact) mass is 390 g/mol. The van der Waals surface area contributed by atoms with Crippen molar-refractivity contribution in [2.75, 3.05) is 6.61 Å². The number of hydrogen-bond acceptors (Lipinski definition) is 3. The lowest BCUT2D eigenvalue weighted by molar-refractivity contribution is -0.153. The number of hydrogen-bond donors (Lipinski definition) is 1. The highest BCUT2D eigenvalue weighted by atomic mass is 19.4. The van der Waals surface area contributed by atoms with Gasteiger partial charge in [0.25, 0.3) is 5.91 Å². The molecule has 3 amide bonds. The van der Waals surface area contributed by atoms with Crippen molar-refractivity contribution in [3.05, 3.63) is 65.2 Å². The van der Waals surface area contributed by atoms with Gasteiger partial charge in [0.05, 0.1) is 6.54 Å². The third-order valence-corrected chi connectivity index (χ3v) is 5.09. The first-order valence-electron chi connectivity index (χ1n) is 8.79. The molecule has 2 aromatic rings. The molecular formula is C20H17F3N2O3. The van der Waals surface area contributed by atoms with E-state index in [0.29, 0.717) is 18.4 Å². The molecule has 1 saturated heterocycles. The van der Waals surface area contributed by atoms with Gasteiger partial charge in [-0.15, -0.1) is 0 Å². The van der Waals surface area contributed by atoms with Crippen LogP contribution in [-0.4, -0.2) is 29.6 Å². The summed E-state index contributed by atoms with van der Waals surface area (Å²) < 4.78 is 41.3. The number of alkyl halides is 3. The van der Waals surface area contributed by atoms with Crippen LogP contribution in [0.3, 0.4) is 0 Å². The van der Waals surface area contributed by atoms with Crippen LogP contribution < -0.4 is 10.1 Å². The molecular weight excluding hydrogens is 373 g/mol. The largest absolute Gasteiger partial charge is 0.484 e. The van der Waals surface area contributed by atoms with Crippen LogP contribution in [-0.2, 0) is 23.3 Å². The first-order valence-corrected chi connectivity index (χ1v) is 8.79. The third-order valence-electron chi connectivity index (χ3n) is 5.09. The molecule has 1 spiro atoms. The lowest BCUT2D eigenvalue weighted by Gasteiger charge is -2.22. The molecule has 1 fully saturated rings. The molecule has 8 heteroatoms. The second kappa shape index (κ2) is 6.54. The Bertz CT molecular complexity index is 927. The van der Waals surface area contributed by atoms with E-state index in [0.717, 1.165) is 16.0 Å². The Labute approximate surface area is 159 Å². The first-order chi connectivity index (χ1) is 13.3. The summed E-state index contributed by atoms with van der Waals surface area (Å²) in [7, 11) is 0. The van der Waals surface area contributed by atoms with Crippen molar-refractivity contribution in [2.45, 2.75) is 31.1 Å². The number of carbonyl (C=O) groups is 2. The predicted molar refractivity (Wildman–Crippen MR) is 93.5 cm³/mol. The van der Waals surface area contributed by atoms with Crippen LogP contribution in [0.2, 0.25) is 0 Å². The number of fused-ring (bicyclic) bond motifs is 2. The maximum absolute atomic E-state index is 13.1. The summed E-state index contributed by atoms with van der Waals surface area (Å²) in [6.45, 7) is -1.34. The van der Waals surface area contributed by atoms with Crippen LogP contribution >= 0.6 is 0 Å². The fourth-order valence-electron chi connectivity index (χ4n) is 3.77. The number of halogens is 3. The maximum atomic E-state index is 13.1. The highest BCUT2D eigenvalue weighted by Crippen LogP contribution is 2.41. The van der Waals surface area contributed by atoms with Gasteiger partial charge in [-0.2, -0.15) is 13.2 Å². The van der Waals surface area contributed by atoms with Gasteiger partial charge in [-0.05, 0) is 41.7 Å². The van der Waals surface area contributed by atoms with Gasteiger partial charge in [0.2, 0.25) is 0 Å². The Morgan fingerprint density at radius 2 is 1.79 bits per heavy atom. The molecule has 1 heterocycles. The zero-order valence-corrected chi connectivity index (χ0v) is 14.8. The standard InChI is InChI=1S/C20H17F3N2O3/c21-20(22,23)12-28-15-7-5-13(6-8-15)11-25-17(26)19(24-18(25)27)10-9-14-3-1-2-4-16(14)19/h1-8H,9-12H2,(H,24,27)/t19-/m1/s1. The van der Waals surface area contributed by atoms with E-state index < -0.39 is 24.4 Å². The average molecular weight is 390 g/mol. The Morgan fingerprint density at radius 3 is 2.50 bits per heavy atom. The summed E-state index contributed by atoms with van der Waals surface area (Å²) in [4.78, 5) is 26.7. The minimum atomic E-state index is -4.41. The average Bonchev–Trinajstić information content (AvgIpc) is 3.14. The molecule has 146 valence electrons. The molecule has 0 saturated carbocycles. The Morgan fingerprint density at radius 1 is 1.07 bits per heavy atom. The van der Waals surface area contributed by atoms with Crippen LogP contribution in [0, 0.1) is 0 Å². The molecule has 4 rings (SSSR count). The lowest BCUT2D eigenvalue weighted by atomic mass is 9.92. The van der Waals surface area contributed by atoms with Crippen molar-refractivity contribution < 1.29 is 27.5 Å². The van der Waals surface area contributed by atoms with Crippen molar-refractivity contribution in [3.63, 3.8) is 0 Å². The van der Waals surface area contributed by atoms with Crippen LogP contribution in [0.25, 0.3) is 0 Å². The summed E-state index contributed by atoms with van der Waals surface area (Å²) in [6, 6.07) is 12.9. The summed E-state index contributed by atoms with van der Waals surface area (Å²) in [5.74, 6) is -0.237. The van der Waals surface area contributed by atoms with Gasteiger partial charge in [-0.1, -0.05) is 36.4 Å². The van der Waals surface area contributed by atoms with Crippen LogP contribution in [0.15, 0.2) is 48.5 Å². The van der Waals surface area contributed by atoms with Gasteiger partial charge in [-0.3, -0.25) is 9.69 Å². The van der Waals surface area contributed by atoms with Crippen LogP contribution in [0.4, 0.5) is 18.0 Å². The second-order valence-corrected chi connectivity index (χ2v) is 6.93. The van der Waals surface area contributed by atoms with Crippen molar-refractivity contribution in [2.24, 2.45) is 0 Å². The lowest BCUT2D eigenvalue weighted by Crippen LogP contribution is -2.41. The van der Waals surface area contributed by atoms with E-state index >= 15 is 0 Å². The van der Waals surface area contributed by atoms with Gasteiger partial charge >= 0.3 is 12.2 Å². The highest BCUT2D eigenvalue weighted by molar-refractivity contribution is 6.08. The third kappa shape index (κ3) is 3.19. The normalized spacial score (nSPS) is 21.2. The van der Waals surface area contributed by atoms with E-state index in [1.54, 1.807) is 12.1 Å². The van der Waals surface area contributed by atoms with E-state index in [9.17, 15) is 22.8 Å². The molecule has 1 N–H and O–H groups in total. The molecule has 0 aromatic heterocycles. The van der Waals surface area contributed by atoms with Gasteiger partial charge in [0.15, 0.2) is 6.61 Å². The van der Waals surface area contributed by atoms with Crippen LogP contribution in [0.5, 0.6) is 5.75 Å². The molecule has 0 unspecified atom stereocenters. The van der Waals surface area contributed by atoms with E-state index in [-0.39, 0.29) is 18.2 Å². The Kier molecular flexibility index (Phi) is 4.28. The zero-order valence-electron chi connectivity index (χ0n) is 14.8. The highest BCUT2D eigenvalue weighted by Gasteiger charge is 2.55. The fraction of sp³-hybridized carbons (Fsp3) is 0.300. The number of carbonyl (C=O) groups excluding carboxylic acids is 2. The topological polar surface area (TPSA) is 58.6 Å². The number of rotatable bonds is 4. The molecule has 5 nitrogen and oxygen atoms in total. The molecule has 1 aliphatic heterocycles. The molecule has 1 atom stereocenters. The number of urea groups is 1. The number of nitrogens with zero attached hydrogens (tertiary/aromatic N) is 1. The van der Waals surface area contributed by atoms with Gasteiger partial charge in [-0.25, -0.2) is 4.79 Å². The minimum Gasteiger partial charge on any atom is -0.484 e. The number of aryl methyl sites for hydroxylation is 1. The summed E-state index contributed by atoms with van der Waals surface area (Å²) in [5, 5.41) is 2.84. The second-order valence-electron chi connectivity index (χ2n) is 6.93. The fourth-order valence-corrected chi connectivity index (χ4v) is 3.77. The quantitative estimate of drug-likeness (QED) is 0.813. The predicted octanol–water partition coefficient (Wildman–Crippen LogP) is 3.52. The summed E-state index contributed by atoms with van der Waals surface area (Å²) in [5.41, 5.74) is 1.46. The van der Waals surface area contributed by atoms with Crippen molar-refractivity contribution in [1.82, 2.24) is 10.2 Å². The molecule has 1 aliphatic carbocycles. The van der Waals surface area contributed by atoms with Crippen molar-refractivity contribution >= 4 is 11.9 Å².